The summed E-state index contributed by atoms with van der Waals surface area (Å²) in [6.07, 6.45) is -11.8. The van der Waals surface area contributed by atoms with Crippen molar-refractivity contribution in [3.8, 4) is 0 Å². The molecule has 2 aliphatic rings. The molecule has 6 aromatic rings. The zero-order valence-corrected chi connectivity index (χ0v) is 36.5. The number of carbonyl (C=O) groups is 1. The van der Waals surface area contributed by atoms with E-state index in [4.69, 9.17) is 42.6 Å². The van der Waals surface area contributed by atoms with E-state index in [1.165, 1.54) is 0 Å². The quantitative estimate of drug-likeness (QED) is 0.0689. The van der Waals surface area contributed by atoms with E-state index in [2.05, 4.69) is 0 Å². The summed E-state index contributed by atoms with van der Waals surface area (Å²) in [6.45, 7) is 0.735. The third-order valence-electron chi connectivity index (χ3n) is 11.4. The number of aliphatic hydroxyl groups is 2. The van der Waals surface area contributed by atoms with E-state index in [9.17, 15) is 15.0 Å². The molecular weight excluding hydrogens is 841 g/mol. The van der Waals surface area contributed by atoms with Crippen molar-refractivity contribution in [2.45, 2.75) is 94.4 Å². The zero-order chi connectivity index (χ0) is 45.3. The van der Waals surface area contributed by atoms with E-state index < -0.39 is 67.4 Å². The Morgan fingerprint density at radius 3 is 1.29 bits per heavy atom. The first-order valence-electron chi connectivity index (χ1n) is 22.3. The first kappa shape index (κ1) is 46.9. The molecular formula is C54H56O12. The van der Waals surface area contributed by atoms with E-state index in [-0.39, 0.29) is 51.8 Å². The molecule has 0 bridgehead atoms. The highest BCUT2D eigenvalue weighted by atomic mass is 16.7. The zero-order valence-electron chi connectivity index (χ0n) is 36.5. The molecule has 2 fully saturated rings. The van der Waals surface area contributed by atoms with Crippen molar-refractivity contribution in [3.05, 3.63) is 215 Å². The molecule has 0 aliphatic carbocycles. The molecule has 0 unspecified atom stereocenters. The van der Waals surface area contributed by atoms with Crippen LogP contribution in [-0.2, 0) is 75.7 Å². The Labute approximate surface area is 385 Å². The van der Waals surface area contributed by atoms with Gasteiger partial charge in [0, 0.05) is 0 Å². The fourth-order valence-corrected chi connectivity index (χ4v) is 7.97. The van der Waals surface area contributed by atoms with Crippen molar-refractivity contribution >= 4 is 5.97 Å². The van der Waals surface area contributed by atoms with E-state index in [0.29, 0.717) is 0 Å². The number of aliphatic hydroxyl groups excluding tert-OH is 2. The highest BCUT2D eigenvalue weighted by Gasteiger charge is 2.54. The Bertz CT molecular complexity index is 2290. The van der Waals surface area contributed by atoms with Crippen LogP contribution in [0.3, 0.4) is 0 Å². The number of hydrogen-bond donors (Lipinski definition) is 2. The second-order valence-electron chi connectivity index (χ2n) is 16.2. The lowest BCUT2D eigenvalue weighted by atomic mass is 9.96. The van der Waals surface area contributed by atoms with Crippen molar-refractivity contribution in [2.75, 3.05) is 13.2 Å². The number of carbonyl (C=O) groups excluding carboxylic acids is 1. The van der Waals surface area contributed by atoms with Crippen LogP contribution in [0.25, 0.3) is 0 Å². The molecule has 0 amide bonds. The standard InChI is InChI=1S/C54H56O12/c55-46-44(36-58-31-38-19-7-1-8-20-38)64-54(51(62-35-42-27-15-5-16-28-42)48(46)60-33-40-23-11-3-12-24-40)66-47-45(37-59-32-39-21-9-2-10-22-39)63-53(57)50(65-52(56)43-29-17-6-18-30-43)49(47)61-34-41-25-13-4-14-26-41/h1-30,44-51,53-55,57H,31-37H2/t44-,45-,46-,47-,48+,49+,50-,51+,53-,54+/m1/s1. The summed E-state index contributed by atoms with van der Waals surface area (Å²) >= 11 is 0. The third-order valence-corrected chi connectivity index (χ3v) is 11.4. The molecule has 8 rings (SSSR count). The molecule has 66 heavy (non-hydrogen) atoms. The Balaban J connectivity index is 1.15. The summed E-state index contributed by atoms with van der Waals surface area (Å²) in [4.78, 5) is 13.8. The normalized spacial score (nSPS) is 25.2. The van der Waals surface area contributed by atoms with Gasteiger partial charge in [-0.1, -0.05) is 170 Å². The van der Waals surface area contributed by atoms with Crippen molar-refractivity contribution in [1.29, 1.82) is 0 Å². The van der Waals surface area contributed by atoms with Gasteiger partial charge in [0.1, 0.15) is 42.7 Å². The monoisotopic (exact) mass is 896 g/mol. The van der Waals surface area contributed by atoms with Gasteiger partial charge in [0.25, 0.3) is 0 Å². The van der Waals surface area contributed by atoms with Gasteiger partial charge in [-0.3, -0.25) is 0 Å². The van der Waals surface area contributed by atoms with Gasteiger partial charge in [0.05, 0.1) is 51.8 Å². The third kappa shape index (κ3) is 13.1. The molecule has 344 valence electrons. The molecule has 12 nitrogen and oxygen atoms in total. The van der Waals surface area contributed by atoms with Crippen molar-refractivity contribution < 1.29 is 57.6 Å². The number of rotatable bonds is 21. The van der Waals surface area contributed by atoms with Gasteiger partial charge in [-0.05, 0) is 39.9 Å². The lowest BCUT2D eigenvalue weighted by Gasteiger charge is -2.48. The van der Waals surface area contributed by atoms with Crippen LogP contribution < -0.4 is 0 Å². The van der Waals surface area contributed by atoms with Crippen LogP contribution in [0.15, 0.2) is 182 Å². The maximum Gasteiger partial charge on any atom is 0.338 e. The molecule has 12 heteroatoms. The molecule has 10 atom stereocenters. The Hall–Kier alpha value is -5.61. The van der Waals surface area contributed by atoms with Crippen LogP contribution in [-0.4, -0.2) is 90.8 Å². The molecule has 2 N–H and O–H groups in total. The van der Waals surface area contributed by atoms with Gasteiger partial charge < -0.3 is 52.8 Å². The summed E-state index contributed by atoms with van der Waals surface area (Å²) < 4.78 is 58.7. The minimum absolute atomic E-state index is 0.0265. The number of hydrogen-bond acceptors (Lipinski definition) is 12. The average molecular weight is 897 g/mol. The second-order valence-corrected chi connectivity index (χ2v) is 16.2. The molecule has 2 saturated heterocycles. The first-order chi connectivity index (χ1) is 32.5. The van der Waals surface area contributed by atoms with Gasteiger partial charge in [-0.2, -0.15) is 0 Å². The smallest absolute Gasteiger partial charge is 0.338 e. The largest absolute Gasteiger partial charge is 0.450 e. The molecule has 0 radical (unpaired) electrons. The minimum Gasteiger partial charge on any atom is -0.450 e. The molecule has 0 spiro atoms. The topological polar surface area (TPSA) is 141 Å². The molecule has 0 saturated carbocycles. The summed E-state index contributed by atoms with van der Waals surface area (Å²) in [5, 5.41) is 24.0. The summed E-state index contributed by atoms with van der Waals surface area (Å²) in [6, 6.07) is 56.6. The average Bonchev–Trinajstić information content (AvgIpc) is 3.36. The van der Waals surface area contributed by atoms with E-state index in [1.54, 1.807) is 30.3 Å². The summed E-state index contributed by atoms with van der Waals surface area (Å²) in [5.41, 5.74) is 4.72. The van der Waals surface area contributed by atoms with Crippen LogP contribution in [0.5, 0.6) is 0 Å². The van der Waals surface area contributed by atoms with Crippen LogP contribution >= 0.6 is 0 Å². The van der Waals surface area contributed by atoms with Crippen molar-refractivity contribution in [1.82, 2.24) is 0 Å². The van der Waals surface area contributed by atoms with Crippen molar-refractivity contribution in [2.24, 2.45) is 0 Å². The predicted octanol–water partition coefficient (Wildman–Crippen LogP) is 7.59. The maximum atomic E-state index is 13.8. The number of esters is 1. The van der Waals surface area contributed by atoms with Gasteiger partial charge in [-0.25, -0.2) is 4.79 Å². The van der Waals surface area contributed by atoms with Gasteiger partial charge >= 0.3 is 5.97 Å². The molecule has 2 aliphatic heterocycles. The Morgan fingerprint density at radius 1 is 0.424 bits per heavy atom. The predicted molar refractivity (Wildman–Crippen MR) is 243 cm³/mol. The Kier molecular flexibility index (Phi) is 17.2. The van der Waals surface area contributed by atoms with Crippen LogP contribution in [0.4, 0.5) is 0 Å². The summed E-state index contributed by atoms with van der Waals surface area (Å²) in [5.74, 6) is -0.694. The van der Waals surface area contributed by atoms with E-state index in [0.717, 1.165) is 27.8 Å². The maximum absolute atomic E-state index is 13.8. The van der Waals surface area contributed by atoms with E-state index >= 15 is 0 Å². The van der Waals surface area contributed by atoms with Crippen LogP contribution in [0.2, 0.25) is 0 Å². The number of benzene rings is 6. The SMILES string of the molecule is O=C(O[C@@H]1[C@@H](OCc2ccccc2)[C@H](O[C@@H]2O[C@H](COCc3ccccc3)[C@@H](O)[C@H](OCc3ccccc3)[C@@H]2OCc2ccccc2)[C@@H](COCc2ccccc2)O[C@H]1O)c1ccccc1. The highest BCUT2D eigenvalue weighted by molar-refractivity contribution is 5.89. The lowest BCUT2D eigenvalue weighted by molar-refractivity contribution is -0.368. The fraction of sp³-hybridized carbons (Fsp3) is 0.315. The first-order valence-corrected chi connectivity index (χ1v) is 22.3. The fourth-order valence-electron chi connectivity index (χ4n) is 7.97. The van der Waals surface area contributed by atoms with Crippen molar-refractivity contribution in [3.63, 3.8) is 0 Å². The lowest BCUT2D eigenvalue weighted by Crippen LogP contribution is -2.66. The Morgan fingerprint density at radius 2 is 0.818 bits per heavy atom. The highest BCUT2D eigenvalue weighted by Crippen LogP contribution is 2.35. The van der Waals surface area contributed by atoms with E-state index in [1.807, 2.05) is 152 Å². The minimum atomic E-state index is -1.65. The molecule has 6 aromatic carbocycles. The second kappa shape index (κ2) is 24.2. The number of ether oxygens (including phenoxy) is 9. The summed E-state index contributed by atoms with van der Waals surface area (Å²) in [7, 11) is 0. The van der Waals surface area contributed by atoms with Crippen LogP contribution in [0, 0.1) is 0 Å². The van der Waals surface area contributed by atoms with Gasteiger partial charge in [0.15, 0.2) is 18.7 Å². The molecule has 2 heterocycles. The van der Waals surface area contributed by atoms with Gasteiger partial charge in [-0.15, -0.1) is 0 Å². The van der Waals surface area contributed by atoms with Crippen LogP contribution in [0.1, 0.15) is 38.2 Å². The molecule has 0 aromatic heterocycles. The van der Waals surface area contributed by atoms with Gasteiger partial charge in [0.2, 0.25) is 0 Å².